The fourth-order valence-corrected chi connectivity index (χ4v) is 5.40. The highest BCUT2D eigenvalue weighted by Gasteiger charge is 2.34. The molecule has 2 rings (SSSR count). The maximum absolute atomic E-state index is 12.6. The molecule has 0 spiro atoms. The average molecular weight is 470 g/mol. The van der Waals surface area contributed by atoms with Crippen LogP contribution in [0, 0.1) is 10.1 Å². The first-order valence-corrected chi connectivity index (χ1v) is 10.5. The van der Waals surface area contributed by atoms with Gasteiger partial charge in [0.2, 0.25) is 0 Å². The maximum atomic E-state index is 12.6. The van der Waals surface area contributed by atoms with Crippen molar-refractivity contribution < 1.29 is 21.8 Å². The van der Waals surface area contributed by atoms with E-state index in [1.165, 1.54) is 24.3 Å². The number of benzene rings is 2. The predicted molar refractivity (Wildman–Crippen MR) is 94.4 cm³/mol. The van der Waals surface area contributed by atoms with Gasteiger partial charge in [0, 0.05) is 17.6 Å². The second kappa shape index (κ2) is 7.00. The van der Waals surface area contributed by atoms with Crippen LogP contribution in [0.2, 0.25) is 5.02 Å². The zero-order valence-corrected chi connectivity index (χ0v) is 16.4. The van der Waals surface area contributed by atoms with Crippen molar-refractivity contribution in [3.63, 3.8) is 0 Å². The number of sulfonamides is 2. The smallest absolute Gasteiger partial charge is 0.258 e. The Morgan fingerprint density at radius 3 is 2.00 bits per heavy atom. The van der Waals surface area contributed by atoms with Crippen molar-refractivity contribution in [2.45, 2.75) is 9.79 Å². The van der Waals surface area contributed by atoms with Crippen LogP contribution in [-0.2, 0) is 20.0 Å². The molecule has 8 nitrogen and oxygen atoms in total. The van der Waals surface area contributed by atoms with Gasteiger partial charge >= 0.3 is 0 Å². The lowest BCUT2D eigenvalue weighted by atomic mass is 10.3. The summed E-state index contributed by atoms with van der Waals surface area (Å²) in [5, 5.41) is 10.6. The summed E-state index contributed by atoms with van der Waals surface area (Å²) in [6, 6.07) is 8.09. The van der Waals surface area contributed by atoms with E-state index in [2.05, 4.69) is 15.9 Å². The van der Waals surface area contributed by atoms with Crippen molar-refractivity contribution in [2.24, 2.45) is 0 Å². The Morgan fingerprint density at radius 2 is 1.48 bits per heavy atom. The van der Waals surface area contributed by atoms with Crippen molar-refractivity contribution in [2.75, 3.05) is 7.05 Å². The van der Waals surface area contributed by atoms with Gasteiger partial charge in [-0.25, -0.2) is 16.8 Å². The van der Waals surface area contributed by atoms with E-state index in [0.29, 0.717) is 10.5 Å². The number of nitro groups is 1. The molecule has 2 aromatic rings. The molecule has 0 atom stereocenters. The number of rotatable bonds is 5. The van der Waals surface area contributed by atoms with Crippen LogP contribution >= 0.6 is 27.5 Å². The van der Waals surface area contributed by atoms with Crippen LogP contribution in [0.5, 0.6) is 0 Å². The van der Waals surface area contributed by atoms with E-state index in [9.17, 15) is 26.9 Å². The van der Waals surface area contributed by atoms with Crippen LogP contribution in [-0.4, -0.2) is 32.5 Å². The minimum atomic E-state index is -4.56. The highest BCUT2D eigenvalue weighted by atomic mass is 79.9. The van der Waals surface area contributed by atoms with Crippen molar-refractivity contribution in [1.29, 1.82) is 0 Å². The third-order valence-corrected chi connectivity index (χ3v) is 8.30. The number of nitrogens with zero attached hydrogens (tertiary/aromatic N) is 2. The summed E-state index contributed by atoms with van der Waals surface area (Å²) in [6.07, 6.45) is 0. The molecule has 0 bridgehead atoms. The normalized spacial score (nSPS) is 12.3. The molecule has 0 aliphatic carbocycles. The summed E-state index contributed by atoms with van der Waals surface area (Å²) in [5.74, 6) is 0. The van der Waals surface area contributed by atoms with Crippen LogP contribution in [0.3, 0.4) is 0 Å². The molecule has 0 fully saturated rings. The molecule has 0 heterocycles. The van der Waals surface area contributed by atoms with Gasteiger partial charge < -0.3 is 0 Å². The van der Waals surface area contributed by atoms with E-state index in [0.717, 1.165) is 19.2 Å². The van der Waals surface area contributed by atoms with Crippen LogP contribution in [0.15, 0.2) is 56.7 Å². The Bertz CT molecular complexity index is 1040. The molecule has 0 saturated carbocycles. The number of hydrogen-bond donors (Lipinski definition) is 0. The summed E-state index contributed by atoms with van der Waals surface area (Å²) >= 11 is 8.80. The zero-order valence-electron chi connectivity index (χ0n) is 12.5. The first-order chi connectivity index (χ1) is 11.5. The lowest BCUT2D eigenvalue weighted by Gasteiger charge is -2.17. The van der Waals surface area contributed by atoms with E-state index in [1.807, 2.05) is 0 Å². The van der Waals surface area contributed by atoms with Crippen molar-refractivity contribution in [1.82, 2.24) is 3.71 Å². The van der Waals surface area contributed by atoms with Gasteiger partial charge in [-0.2, -0.15) is 0 Å². The monoisotopic (exact) mass is 468 g/mol. The van der Waals surface area contributed by atoms with Crippen molar-refractivity contribution in [3.05, 3.63) is 62.1 Å². The van der Waals surface area contributed by atoms with E-state index in [-0.39, 0.29) is 13.6 Å². The molecule has 0 aliphatic heterocycles. The van der Waals surface area contributed by atoms with Gasteiger partial charge in [-0.05, 0) is 36.4 Å². The molecule has 0 unspecified atom stereocenters. The van der Waals surface area contributed by atoms with Crippen LogP contribution < -0.4 is 0 Å². The van der Waals surface area contributed by atoms with Gasteiger partial charge in [0.25, 0.3) is 25.7 Å². The average Bonchev–Trinajstić information content (AvgIpc) is 2.54. The van der Waals surface area contributed by atoms with Crippen LogP contribution in [0.1, 0.15) is 0 Å². The second-order valence-electron chi connectivity index (χ2n) is 4.71. The van der Waals surface area contributed by atoms with Crippen LogP contribution in [0.25, 0.3) is 0 Å². The standard InChI is InChI=1S/C13H10BrClN2O6S2/c1-16(24(20,21)10-4-2-9(14)3-5-10)25(22,23)11-6-7-12(15)13(8-11)17(18)19/h2-8H,1H3. The lowest BCUT2D eigenvalue weighted by Crippen LogP contribution is -2.33. The number of halogens is 2. The van der Waals surface area contributed by atoms with E-state index < -0.39 is 35.6 Å². The quantitative estimate of drug-likeness (QED) is 0.491. The number of hydrogen-bond acceptors (Lipinski definition) is 6. The molecule has 12 heteroatoms. The van der Waals surface area contributed by atoms with E-state index in [1.54, 1.807) is 0 Å². The molecular weight excluding hydrogens is 460 g/mol. The maximum Gasteiger partial charge on any atom is 0.289 e. The van der Waals surface area contributed by atoms with Crippen molar-refractivity contribution >= 4 is 53.3 Å². The summed E-state index contributed by atoms with van der Waals surface area (Å²) in [7, 11) is -8.09. The molecule has 0 saturated heterocycles. The molecule has 25 heavy (non-hydrogen) atoms. The highest BCUT2D eigenvalue weighted by Crippen LogP contribution is 2.30. The SMILES string of the molecule is CN(S(=O)(=O)c1ccc(Br)cc1)S(=O)(=O)c1ccc(Cl)c([N+](=O)[O-])c1. The Kier molecular flexibility index (Phi) is 5.54. The topological polar surface area (TPSA) is 115 Å². The van der Waals surface area contributed by atoms with Gasteiger partial charge in [0.05, 0.1) is 14.7 Å². The molecule has 0 N–H and O–H groups in total. The predicted octanol–water partition coefficient (Wildman–Crippen LogP) is 3.02. The molecule has 0 aliphatic rings. The third kappa shape index (κ3) is 3.85. The lowest BCUT2D eigenvalue weighted by molar-refractivity contribution is -0.384. The fourth-order valence-electron chi connectivity index (χ4n) is 1.83. The Balaban J connectivity index is 2.54. The summed E-state index contributed by atoms with van der Waals surface area (Å²) in [4.78, 5) is 9.25. The molecule has 134 valence electrons. The largest absolute Gasteiger partial charge is 0.289 e. The van der Waals surface area contributed by atoms with Gasteiger partial charge in [-0.15, -0.1) is 0 Å². The summed E-state index contributed by atoms with van der Waals surface area (Å²) in [5.41, 5.74) is -0.641. The Labute approximate surface area is 157 Å². The fraction of sp³-hybridized carbons (Fsp3) is 0.0769. The summed E-state index contributed by atoms with van der Waals surface area (Å²) in [6.45, 7) is 0. The molecule has 0 aromatic heterocycles. The molecule has 0 radical (unpaired) electrons. The summed E-state index contributed by atoms with van der Waals surface area (Å²) < 4.78 is 51.0. The van der Waals surface area contributed by atoms with Gasteiger partial charge in [-0.1, -0.05) is 31.2 Å². The highest BCUT2D eigenvalue weighted by molar-refractivity contribution is 9.10. The Hall–Kier alpha value is -1.53. The third-order valence-electron chi connectivity index (χ3n) is 3.20. The van der Waals surface area contributed by atoms with Gasteiger partial charge in [0.15, 0.2) is 0 Å². The van der Waals surface area contributed by atoms with Crippen LogP contribution in [0.4, 0.5) is 5.69 Å². The van der Waals surface area contributed by atoms with Crippen molar-refractivity contribution in [3.8, 4) is 0 Å². The first kappa shape index (κ1) is 19.8. The molecule has 2 aromatic carbocycles. The second-order valence-corrected chi connectivity index (χ2v) is 10.2. The first-order valence-electron chi connectivity index (χ1n) is 6.41. The molecule has 0 amide bonds. The minimum Gasteiger partial charge on any atom is -0.258 e. The van der Waals surface area contributed by atoms with Gasteiger partial charge in [0.1, 0.15) is 5.02 Å². The molecular formula is C13H10BrClN2O6S2. The minimum absolute atomic E-state index is 0.163. The van der Waals surface area contributed by atoms with Gasteiger partial charge in [-0.3, -0.25) is 10.1 Å². The van der Waals surface area contributed by atoms with E-state index in [4.69, 9.17) is 11.6 Å². The zero-order chi connectivity index (χ0) is 19.0. The Morgan fingerprint density at radius 1 is 1.00 bits per heavy atom. The van der Waals surface area contributed by atoms with E-state index >= 15 is 0 Å². The number of nitro benzene ring substituents is 1.